The first-order chi connectivity index (χ1) is 11.1. The molecule has 1 aromatic rings. The van der Waals surface area contributed by atoms with Gasteiger partial charge in [0, 0.05) is 0 Å². The Morgan fingerprint density at radius 1 is 1.39 bits per heavy atom. The molecule has 1 fully saturated rings. The molecule has 1 saturated heterocycles. The van der Waals surface area contributed by atoms with E-state index in [1.807, 2.05) is 25.1 Å². The second-order valence-corrected chi connectivity index (χ2v) is 7.88. The standard InChI is InChI=1S/C16H17NO4S2/c1-2-8-22-16-11(15(20)21)17-13(19)10(14(17)23-16)12(18)9-6-4-3-5-7-9/h3-7,10,12,14,18H,2,8H2,1H3,(H,20,21)/t10-,12?,14+/m0/s1. The second-order valence-electron chi connectivity index (χ2n) is 5.39. The highest BCUT2D eigenvalue weighted by Gasteiger charge is 2.58. The van der Waals surface area contributed by atoms with Crippen LogP contribution in [0.3, 0.4) is 0 Å². The molecule has 0 radical (unpaired) electrons. The number of amides is 1. The van der Waals surface area contributed by atoms with E-state index >= 15 is 0 Å². The number of nitrogens with zero attached hydrogens (tertiary/aromatic N) is 1. The van der Waals surface area contributed by atoms with Gasteiger partial charge in [0.1, 0.15) is 5.37 Å². The van der Waals surface area contributed by atoms with Crippen LogP contribution in [0.25, 0.3) is 0 Å². The second kappa shape index (κ2) is 6.59. The first-order valence-electron chi connectivity index (χ1n) is 7.39. The first kappa shape index (κ1) is 16.4. The third-order valence-corrected chi connectivity index (χ3v) is 6.73. The number of carboxylic acids is 1. The Balaban J connectivity index is 1.82. The van der Waals surface area contributed by atoms with E-state index in [0.717, 1.165) is 12.2 Å². The van der Waals surface area contributed by atoms with Crippen LogP contribution < -0.4 is 0 Å². The van der Waals surface area contributed by atoms with Crippen molar-refractivity contribution in [2.75, 3.05) is 5.75 Å². The van der Waals surface area contributed by atoms with Gasteiger partial charge in [0.2, 0.25) is 5.91 Å². The summed E-state index contributed by atoms with van der Waals surface area (Å²) in [7, 11) is 0. The van der Waals surface area contributed by atoms with Gasteiger partial charge in [-0.15, -0.1) is 11.8 Å². The summed E-state index contributed by atoms with van der Waals surface area (Å²) in [6.07, 6.45) is 0.0130. The molecule has 2 N–H and O–H groups in total. The molecule has 0 spiro atoms. The van der Waals surface area contributed by atoms with Crippen molar-refractivity contribution in [2.45, 2.75) is 24.8 Å². The molecule has 122 valence electrons. The molecule has 0 aromatic heterocycles. The predicted molar refractivity (Wildman–Crippen MR) is 90.5 cm³/mol. The number of thioether (sulfide) groups is 2. The average Bonchev–Trinajstić information content (AvgIpc) is 2.88. The number of carbonyl (C=O) groups is 2. The van der Waals surface area contributed by atoms with E-state index in [9.17, 15) is 19.8 Å². The number of aliphatic carboxylic acids is 1. The number of hydrogen-bond acceptors (Lipinski definition) is 5. The van der Waals surface area contributed by atoms with Crippen LogP contribution >= 0.6 is 23.5 Å². The molecule has 5 nitrogen and oxygen atoms in total. The van der Waals surface area contributed by atoms with Crippen LogP contribution in [0, 0.1) is 5.92 Å². The lowest BCUT2D eigenvalue weighted by atomic mass is 9.87. The zero-order valence-corrected chi connectivity index (χ0v) is 14.1. The highest BCUT2D eigenvalue weighted by molar-refractivity contribution is 8.22. The lowest BCUT2D eigenvalue weighted by molar-refractivity contribution is -0.157. The predicted octanol–water partition coefficient (Wildman–Crippen LogP) is 2.65. The molecule has 23 heavy (non-hydrogen) atoms. The number of hydrogen-bond donors (Lipinski definition) is 2. The lowest BCUT2D eigenvalue weighted by Gasteiger charge is -2.44. The van der Waals surface area contributed by atoms with E-state index in [2.05, 4.69) is 0 Å². The van der Waals surface area contributed by atoms with Crippen LogP contribution in [0.1, 0.15) is 25.0 Å². The molecule has 3 atom stereocenters. The summed E-state index contributed by atoms with van der Waals surface area (Å²) in [5, 5.41) is 19.6. The zero-order valence-electron chi connectivity index (χ0n) is 12.5. The Hall–Kier alpha value is -1.44. The van der Waals surface area contributed by atoms with E-state index in [1.165, 1.54) is 28.4 Å². The molecule has 0 aliphatic carbocycles. The molecule has 2 aliphatic rings. The summed E-state index contributed by atoms with van der Waals surface area (Å²) in [5.41, 5.74) is 0.748. The Morgan fingerprint density at radius 2 is 2.09 bits per heavy atom. The van der Waals surface area contributed by atoms with Crippen LogP contribution in [0.15, 0.2) is 40.3 Å². The van der Waals surface area contributed by atoms with Gasteiger partial charge in [-0.1, -0.05) is 49.0 Å². The first-order valence-corrected chi connectivity index (χ1v) is 9.26. The van der Waals surface area contributed by atoms with E-state index in [-0.39, 0.29) is 17.0 Å². The molecule has 1 unspecified atom stereocenters. The van der Waals surface area contributed by atoms with Gasteiger partial charge in [-0.2, -0.15) is 0 Å². The van der Waals surface area contributed by atoms with Crippen molar-refractivity contribution in [2.24, 2.45) is 5.92 Å². The summed E-state index contributed by atoms with van der Waals surface area (Å²) in [6, 6.07) is 9.02. The van der Waals surface area contributed by atoms with Crippen LogP contribution in [0.2, 0.25) is 0 Å². The molecule has 7 heteroatoms. The topological polar surface area (TPSA) is 77.8 Å². The number of carbonyl (C=O) groups excluding carboxylic acids is 1. The minimum Gasteiger partial charge on any atom is -0.477 e. The molecule has 2 heterocycles. The molecule has 1 aromatic carbocycles. The summed E-state index contributed by atoms with van der Waals surface area (Å²) < 4.78 is 0.667. The minimum absolute atomic E-state index is 0.0694. The van der Waals surface area contributed by atoms with Gasteiger partial charge < -0.3 is 10.2 Å². The maximum absolute atomic E-state index is 12.4. The van der Waals surface area contributed by atoms with Crippen molar-refractivity contribution in [3.05, 3.63) is 45.8 Å². The molecule has 0 bridgehead atoms. The van der Waals surface area contributed by atoms with Crippen molar-refractivity contribution >= 4 is 35.4 Å². The summed E-state index contributed by atoms with van der Waals surface area (Å²) >= 11 is 2.84. The van der Waals surface area contributed by atoms with E-state index in [1.54, 1.807) is 12.1 Å². The highest BCUT2D eigenvalue weighted by Crippen LogP contribution is 2.55. The maximum Gasteiger partial charge on any atom is 0.354 e. The number of β-lactam (4-membered cyclic amide) rings is 1. The van der Waals surface area contributed by atoms with Gasteiger partial charge in [0.15, 0.2) is 5.70 Å². The van der Waals surface area contributed by atoms with E-state index in [4.69, 9.17) is 0 Å². The SMILES string of the molecule is CCCSC1=C(C(=O)O)N2C(=O)[C@H](C(O)c3ccccc3)[C@H]2S1. The van der Waals surface area contributed by atoms with Gasteiger partial charge in [0.25, 0.3) is 0 Å². The summed E-state index contributed by atoms with van der Waals surface area (Å²) in [4.78, 5) is 25.3. The van der Waals surface area contributed by atoms with Gasteiger partial charge in [0.05, 0.1) is 16.3 Å². The van der Waals surface area contributed by atoms with Crippen molar-refractivity contribution < 1.29 is 19.8 Å². The monoisotopic (exact) mass is 351 g/mol. The molecular formula is C16H17NO4S2. The van der Waals surface area contributed by atoms with E-state index in [0.29, 0.717) is 9.80 Å². The fourth-order valence-corrected chi connectivity index (χ4v) is 5.52. The normalized spacial score (nSPS) is 24.4. The minimum atomic E-state index is -1.08. The Morgan fingerprint density at radius 3 is 2.70 bits per heavy atom. The molecule has 0 saturated carbocycles. The highest BCUT2D eigenvalue weighted by atomic mass is 32.2. The third kappa shape index (κ3) is 2.77. The molecule has 3 rings (SSSR count). The fourth-order valence-electron chi connectivity index (χ4n) is 2.75. The van der Waals surface area contributed by atoms with Crippen molar-refractivity contribution in [1.29, 1.82) is 0 Å². The number of aliphatic hydroxyl groups is 1. The van der Waals surface area contributed by atoms with Crippen LogP contribution in [-0.4, -0.2) is 38.1 Å². The number of benzene rings is 1. The van der Waals surface area contributed by atoms with Crippen LogP contribution in [0.5, 0.6) is 0 Å². The molecule has 2 aliphatic heterocycles. The number of fused-ring (bicyclic) bond motifs is 1. The van der Waals surface area contributed by atoms with Crippen molar-refractivity contribution in [3.63, 3.8) is 0 Å². The summed E-state index contributed by atoms with van der Waals surface area (Å²) in [5.74, 6) is -1.20. The molecular weight excluding hydrogens is 334 g/mol. The maximum atomic E-state index is 12.4. The van der Waals surface area contributed by atoms with E-state index < -0.39 is 18.0 Å². The van der Waals surface area contributed by atoms with Crippen LogP contribution in [0.4, 0.5) is 0 Å². The number of aliphatic hydroxyl groups excluding tert-OH is 1. The van der Waals surface area contributed by atoms with Crippen LogP contribution in [-0.2, 0) is 9.59 Å². The third-order valence-electron chi connectivity index (χ3n) is 3.87. The van der Waals surface area contributed by atoms with Gasteiger partial charge in [-0.05, 0) is 17.7 Å². The Bertz CT molecular complexity index is 661. The largest absolute Gasteiger partial charge is 0.477 e. The van der Waals surface area contributed by atoms with Gasteiger partial charge in [-0.3, -0.25) is 9.69 Å². The number of carboxylic acid groups (broad SMARTS) is 1. The zero-order chi connectivity index (χ0) is 16.6. The van der Waals surface area contributed by atoms with Gasteiger partial charge in [-0.25, -0.2) is 4.79 Å². The molecule has 1 amide bonds. The van der Waals surface area contributed by atoms with Crippen molar-refractivity contribution in [3.8, 4) is 0 Å². The van der Waals surface area contributed by atoms with Gasteiger partial charge >= 0.3 is 5.97 Å². The van der Waals surface area contributed by atoms with Crippen molar-refractivity contribution in [1.82, 2.24) is 4.90 Å². The lowest BCUT2D eigenvalue weighted by Crippen LogP contribution is -2.59. The smallest absolute Gasteiger partial charge is 0.354 e. The number of rotatable bonds is 6. The Labute approximate surface area is 142 Å². The average molecular weight is 351 g/mol. The Kier molecular flexibility index (Phi) is 4.70. The fraction of sp³-hybridized carbons (Fsp3) is 0.375. The summed E-state index contributed by atoms with van der Waals surface area (Å²) in [6.45, 7) is 2.02. The quantitative estimate of drug-likeness (QED) is 0.767.